The van der Waals surface area contributed by atoms with Gasteiger partial charge in [-0.15, -0.1) is 0 Å². The van der Waals surface area contributed by atoms with Crippen LogP contribution in [0.1, 0.15) is 220 Å². The Kier molecular flexibility index (Phi) is 92.3. The van der Waals surface area contributed by atoms with Crippen LogP contribution in [0.2, 0.25) is 0 Å². The Morgan fingerprint density at radius 2 is 0.702 bits per heavy atom. The van der Waals surface area contributed by atoms with Gasteiger partial charge in [0.25, 0.3) is 0 Å². The fraction of sp³-hybridized carbons (Fsp3) is 0.541. The zero-order chi connectivity index (χ0) is 62.7. The average Bonchev–Trinajstić information content (AvgIpc) is 4.01. The molecule has 0 atom stereocenters. The number of rotatable bonds is 6. The summed E-state index contributed by atoms with van der Waals surface area (Å²) in [6, 6.07) is 29.9. The van der Waals surface area contributed by atoms with Gasteiger partial charge in [0.2, 0.25) is 0 Å². The number of thiol groups is 1. The van der Waals surface area contributed by atoms with E-state index in [1.165, 1.54) is 91.7 Å². The molecule has 0 unspecified atom stereocenters. The molecule has 84 heavy (non-hydrogen) atoms. The molecule has 2 aliphatic carbocycles. The summed E-state index contributed by atoms with van der Waals surface area (Å²) in [6.45, 7) is 49.6. The third-order valence-corrected chi connectivity index (χ3v) is 13.3. The first-order valence-corrected chi connectivity index (χ1v) is 32.6. The maximum Gasteiger partial charge on any atom is 0.317 e. The largest absolute Gasteiger partial charge is 0.358 e. The summed E-state index contributed by atoms with van der Waals surface area (Å²) in [5.74, 6) is 1.08. The molecular weight excluding hydrogens is 1240 g/mol. The van der Waals surface area contributed by atoms with Crippen LogP contribution in [0.15, 0.2) is 167 Å². The van der Waals surface area contributed by atoms with Crippen LogP contribution in [-0.4, -0.2) is 14.9 Å². The maximum absolute atomic E-state index is 4.19. The van der Waals surface area contributed by atoms with E-state index in [1.54, 1.807) is 22.3 Å². The number of allylic oxidation sites excluding steroid dienone is 4. The molecule has 0 saturated carbocycles. The first-order valence-electron chi connectivity index (χ1n) is 31.1. The summed E-state index contributed by atoms with van der Waals surface area (Å²) in [6.07, 6.45) is 29.7. The zero-order valence-corrected chi connectivity index (χ0v) is 65.1. The minimum atomic E-state index is 0. The Bertz CT molecular complexity index is 2090. The number of aromatic nitrogens is 6. The van der Waals surface area contributed by atoms with Gasteiger partial charge in [-0.05, 0) is 141 Å². The predicted octanol–water partition coefficient (Wildman–Crippen LogP) is 20.8. The van der Waals surface area contributed by atoms with Crippen molar-refractivity contribution >= 4 is 24.4 Å². The fourth-order valence-electron chi connectivity index (χ4n) is 6.38. The third-order valence-electron chi connectivity index (χ3n) is 11.4. The molecule has 2 aliphatic rings. The molecule has 6 aromatic rings. The van der Waals surface area contributed by atoms with E-state index in [1.807, 2.05) is 143 Å². The van der Waals surface area contributed by atoms with Crippen LogP contribution in [0.3, 0.4) is 0 Å². The summed E-state index contributed by atoms with van der Waals surface area (Å²) < 4.78 is 12.6. The third kappa shape index (κ3) is 56.4. The van der Waals surface area contributed by atoms with Crippen molar-refractivity contribution in [2.75, 3.05) is 5.75 Å². The Morgan fingerprint density at radius 3 is 0.917 bits per heavy atom. The molecular formula is C74H136N6Rh2S2+2. The molecule has 0 amide bonds. The van der Waals surface area contributed by atoms with Crippen molar-refractivity contribution in [1.82, 2.24) is 9.13 Å². The van der Waals surface area contributed by atoms with Gasteiger partial charge in [0.05, 0.1) is 33.9 Å². The standard InChI is InChI=1S/C12H17N3S.2C10H12.C8H12N.2C6H12.C5H8N2S.C3H8.6C2H6.2CH3.2Rh/c1-13-8-9-14(2)12(13)16-11-10-15-6-4-3-5-7-15;2*1-2-6-10-8-4-3-7-9(10)5-1;1-2-6-9-7-4-3-5-8-9;2*1-5(2)6(3)4;1-6-3-4-7(2)5(6)8;1-3-2;6*1-2;;;;/h3-9H,10-11H2,1-2H3;2*1-2,5-6H,3-4,7-8H2;3-5,7-8H,2,6H2,1H3;2*1-4H3;3-4H,1-2H3;3H2,1-2H3;6*1-2H3;2*1H3;;/q+2;;;+1;;;;;;;;;;;2*-1;;/p+1. The van der Waals surface area contributed by atoms with Gasteiger partial charge >= 0.3 is 10.3 Å². The van der Waals surface area contributed by atoms with E-state index in [4.69, 9.17) is 0 Å². The predicted molar refractivity (Wildman–Crippen MR) is 377 cm³/mol. The maximum atomic E-state index is 4.19. The quantitative estimate of drug-likeness (QED) is 0.0441. The minimum Gasteiger partial charge on any atom is -0.358 e. The molecule has 10 heteroatoms. The molecule has 490 valence electrons. The average molecular weight is 1380 g/mol. The molecule has 0 saturated heterocycles. The second-order valence-corrected chi connectivity index (χ2v) is 19.8. The number of pyridine rings is 2. The van der Waals surface area contributed by atoms with Gasteiger partial charge in [-0.2, -0.15) is 0 Å². The minimum absolute atomic E-state index is 0. The SMILES string of the molecule is CC.CC.CC.CC.CC.CC.CC(C)=C(C)C.CC(C)=C(C)C.CCC.CCC[n+]1ccccc1.Cn1cc[n+](C)c1S.Cn1cc[n+](C)c1SCC[n+]1ccccc1.[CH3-].[CH3-].[Rh].[Rh].c1ccc2c(c1)CCCC2.c1ccc2c(c1)CCCC2. The van der Waals surface area contributed by atoms with Gasteiger partial charge in [0.15, 0.2) is 31.3 Å². The zero-order valence-electron chi connectivity index (χ0n) is 60.1. The number of thioether (sulfide) groups is 1. The Morgan fingerprint density at radius 1 is 0.429 bits per heavy atom. The number of nitrogens with zero attached hydrogens (tertiary/aromatic N) is 6. The van der Waals surface area contributed by atoms with E-state index >= 15 is 0 Å². The monoisotopic (exact) mass is 1380 g/mol. The van der Waals surface area contributed by atoms with Crippen LogP contribution in [0.25, 0.3) is 0 Å². The molecule has 0 bridgehead atoms. The summed E-state index contributed by atoms with van der Waals surface area (Å²) in [5, 5.41) is 2.25. The second kappa shape index (κ2) is 75.7. The van der Waals surface area contributed by atoms with Crippen molar-refractivity contribution in [3.63, 3.8) is 0 Å². The van der Waals surface area contributed by atoms with Crippen molar-refractivity contribution in [3.8, 4) is 0 Å². The van der Waals surface area contributed by atoms with Crippen LogP contribution in [0.5, 0.6) is 0 Å². The number of fused-ring (bicyclic) bond motifs is 2. The Balaban J connectivity index is -0.0000000924. The van der Waals surface area contributed by atoms with Crippen molar-refractivity contribution < 1.29 is 57.2 Å². The molecule has 4 aromatic heterocycles. The molecule has 2 radical (unpaired) electrons. The second-order valence-electron chi connectivity index (χ2n) is 18.4. The normalized spacial score (nSPS) is 9.67. The molecule has 8 rings (SSSR count). The first kappa shape index (κ1) is 102. The van der Waals surface area contributed by atoms with Crippen molar-refractivity contribution in [3.05, 3.63) is 194 Å². The van der Waals surface area contributed by atoms with Crippen LogP contribution in [0.4, 0.5) is 0 Å². The molecule has 0 spiro atoms. The summed E-state index contributed by atoms with van der Waals surface area (Å²) >= 11 is 6.07. The van der Waals surface area contributed by atoms with Crippen LogP contribution >= 0.6 is 24.4 Å². The van der Waals surface area contributed by atoms with Gasteiger partial charge < -0.3 is 14.9 Å². The number of benzene rings is 2. The molecule has 0 N–H and O–H groups in total. The molecule has 4 heterocycles. The van der Waals surface area contributed by atoms with Gasteiger partial charge in [-0.25, -0.2) is 27.4 Å². The topological polar surface area (TPSA) is 25.4 Å². The van der Waals surface area contributed by atoms with Crippen LogP contribution in [0, 0.1) is 14.9 Å². The van der Waals surface area contributed by atoms with Gasteiger partial charge in [0, 0.05) is 69.6 Å². The number of imidazole rings is 2. The Hall–Kier alpha value is -3.41. The number of hydrogen-bond donors (Lipinski definition) is 1. The van der Waals surface area contributed by atoms with Gasteiger partial charge in [-0.1, -0.05) is 206 Å². The van der Waals surface area contributed by atoms with Gasteiger partial charge in [-0.3, -0.25) is 0 Å². The van der Waals surface area contributed by atoms with Crippen molar-refractivity contribution in [1.29, 1.82) is 0 Å². The molecule has 0 aliphatic heterocycles. The van der Waals surface area contributed by atoms with Gasteiger partial charge in [0.1, 0.15) is 31.3 Å². The fourth-order valence-corrected chi connectivity index (χ4v) is 7.53. The number of hydrogen-bond acceptors (Lipinski definition) is 2. The first-order chi connectivity index (χ1) is 38.6. The smallest absolute Gasteiger partial charge is 0.317 e. The molecule has 6 nitrogen and oxygen atoms in total. The van der Waals surface area contributed by atoms with E-state index in [-0.39, 0.29) is 53.8 Å². The van der Waals surface area contributed by atoms with E-state index in [2.05, 4.69) is 231 Å². The van der Waals surface area contributed by atoms with E-state index in [0.29, 0.717) is 0 Å². The number of aryl methyl sites for hydroxylation is 10. The van der Waals surface area contributed by atoms with E-state index < -0.39 is 0 Å². The molecule has 0 fully saturated rings. The van der Waals surface area contributed by atoms with Crippen LogP contribution in [-0.2, 0) is 106 Å². The van der Waals surface area contributed by atoms with Crippen molar-refractivity contribution in [2.45, 2.75) is 247 Å². The molecule has 2 aromatic carbocycles. The van der Waals surface area contributed by atoms with E-state index in [9.17, 15) is 0 Å². The summed E-state index contributed by atoms with van der Waals surface area (Å²) in [4.78, 5) is 0. The van der Waals surface area contributed by atoms with E-state index in [0.717, 1.165) is 24.0 Å². The van der Waals surface area contributed by atoms with Crippen molar-refractivity contribution in [2.24, 2.45) is 28.2 Å². The Labute approximate surface area is 561 Å². The summed E-state index contributed by atoms with van der Waals surface area (Å²) in [5.41, 5.74) is 12.0. The summed E-state index contributed by atoms with van der Waals surface area (Å²) in [7, 11) is 8.08. The van der Waals surface area contributed by atoms with Crippen LogP contribution < -0.4 is 18.3 Å².